The van der Waals surface area contributed by atoms with Crippen LogP contribution in [0.2, 0.25) is 5.02 Å². The summed E-state index contributed by atoms with van der Waals surface area (Å²) in [7, 11) is 0. The van der Waals surface area contributed by atoms with Gasteiger partial charge >= 0.3 is 0 Å². The smallest absolute Gasteiger partial charge is 0.255 e. The molecule has 15 heavy (non-hydrogen) atoms. The van der Waals surface area contributed by atoms with E-state index in [2.05, 4.69) is 4.98 Å². The molecule has 3 nitrogen and oxygen atoms in total. The van der Waals surface area contributed by atoms with Crippen molar-refractivity contribution >= 4 is 17.3 Å². The highest BCUT2D eigenvalue weighted by Gasteiger charge is 2.14. The van der Waals surface area contributed by atoms with Crippen LogP contribution in [0.1, 0.15) is 0 Å². The molecule has 0 aromatic carbocycles. The second kappa shape index (κ2) is 5.82. The fourth-order valence-electron chi connectivity index (χ4n) is 1.26. The van der Waals surface area contributed by atoms with E-state index in [1.807, 2.05) is 0 Å². The Labute approximate surface area is 91.8 Å². The molecule has 1 aromatic heterocycles. The van der Waals surface area contributed by atoms with E-state index in [1.54, 1.807) is 6.07 Å². The SMILES string of the molecule is NCCN(CC(F)F)c1ccncc1Cl. The van der Waals surface area contributed by atoms with Crippen molar-refractivity contribution < 1.29 is 8.78 Å². The molecule has 0 atom stereocenters. The first-order valence-corrected chi connectivity index (χ1v) is 4.85. The lowest BCUT2D eigenvalue weighted by Crippen LogP contribution is -2.33. The van der Waals surface area contributed by atoms with Crippen LogP contribution in [0, 0.1) is 0 Å². The normalized spacial score (nSPS) is 10.7. The van der Waals surface area contributed by atoms with Gasteiger partial charge in [-0.05, 0) is 6.07 Å². The van der Waals surface area contributed by atoms with E-state index in [4.69, 9.17) is 17.3 Å². The average Bonchev–Trinajstić information content (AvgIpc) is 2.17. The summed E-state index contributed by atoms with van der Waals surface area (Å²) in [6, 6.07) is 1.60. The van der Waals surface area contributed by atoms with Crippen LogP contribution in [0.25, 0.3) is 0 Å². The van der Waals surface area contributed by atoms with Gasteiger partial charge in [0.25, 0.3) is 6.43 Å². The number of hydrogen-bond acceptors (Lipinski definition) is 3. The Balaban J connectivity index is 2.83. The molecule has 0 unspecified atom stereocenters. The minimum atomic E-state index is -2.42. The highest BCUT2D eigenvalue weighted by Crippen LogP contribution is 2.24. The lowest BCUT2D eigenvalue weighted by atomic mass is 10.3. The van der Waals surface area contributed by atoms with Gasteiger partial charge in [-0.2, -0.15) is 0 Å². The lowest BCUT2D eigenvalue weighted by molar-refractivity contribution is 0.155. The van der Waals surface area contributed by atoms with Gasteiger partial charge in [0.1, 0.15) is 0 Å². The van der Waals surface area contributed by atoms with E-state index in [0.29, 0.717) is 23.8 Å². The van der Waals surface area contributed by atoms with Gasteiger partial charge in [0, 0.05) is 25.5 Å². The molecule has 0 aliphatic heterocycles. The van der Waals surface area contributed by atoms with Crippen LogP contribution in [0.5, 0.6) is 0 Å². The molecule has 84 valence electrons. The summed E-state index contributed by atoms with van der Waals surface area (Å²) in [6.45, 7) is 0.264. The van der Waals surface area contributed by atoms with Gasteiger partial charge in [-0.3, -0.25) is 4.98 Å². The Morgan fingerprint density at radius 1 is 1.53 bits per heavy atom. The topological polar surface area (TPSA) is 42.1 Å². The molecule has 0 aliphatic rings. The number of alkyl halides is 2. The first-order chi connectivity index (χ1) is 7.15. The molecule has 1 heterocycles. The molecule has 1 aromatic rings. The van der Waals surface area contributed by atoms with Crippen molar-refractivity contribution in [2.75, 3.05) is 24.5 Å². The highest BCUT2D eigenvalue weighted by molar-refractivity contribution is 6.33. The largest absolute Gasteiger partial charge is 0.363 e. The zero-order valence-electron chi connectivity index (χ0n) is 8.04. The van der Waals surface area contributed by atoms with Gasteiger partial charge in [0.05, 0.1) is 17.3 Å². The van der Waals surface area contributed by atoms with Crippen LogP contribution in [-0.4, -0.2) is 31.0 Å². The highest BCUT2D eigenvalue weighted by atomic mass is 35.5. The summed E-state index contributed by atoms with van der Waals surface area (Å²) in [5, 5.41) is 0.353. The van der Waals surface area contributed by atoms with Crippen molar-refractivity contribution in [1.29, 1.82) is 0 Å². The molecule has 0 spiro atoms. The molecule has 1 rings (SSSR count). The number of anilines is 1. The third-order valence-corrected chi connectivity index (χ3v) is 2.14. The Kier molecular flexibility index (Phi) is 4.71. The first kappa shape index (κ1) is 12.1. The Morgan fingerprint density at radius 2 is 2.27 bits per heavy atom. The minimum absolute atomic E-state index is 0.297. The van der Waals surface area contributed by atoms with E-state index in [-0.39, 0.29) is 6.54 Å². The summed E-state index contributed by atoms with van der Waals surface area (Å²) >= 11 is 5.85. The summed E-state index contributed by atoms with van der Waals surface area (Å²) in [5.41, 5.74) is 5.89. The van der Waals surface area contributed by atoms with Crippen molar-refractivity contribution in [3.63, 3.8) is 0 Å². The van der Waals surface area contributed by atoms with E-state index in [0.717, 1.165) is 0 Å². The van der Waals surface area contributed by atoms with Crippen LogP contribution in [-0.2, 0) is 0 Å². The molecular weight excluding hydrogens is 224 g/mol. The zero-order chi connectivity index (χ0) is 11.3. The van der Waals surface area contributed by atoms with Crippen LogP contribution >= 0.6 is 11.6 Å². The maximum atomic E-state index is 12.3. The van der Waals surface area contributed by atoms with Gasteiger partial charge < -0.3 is 10.6 Å². The second-order valence-electron chi connectivity index (χ2n) is 2.95. The fraction of sp³-hybridized carbons (Fsp3) is 0.444. The minimum Gasteiger partial charge on any atom is -0.363 e. The Morgan fingerprint density at radius 3 is 2.80 bits per heavy atom. The van der Waals surface area contributed by atoms with Crippen LogP contribution in [0.15, 0.2) is 18.5 Å². The maximum Gasteiger partial charge on any atom is 0.255 e. The predicted molar refractivity (Wildman–Crippen MR) is 56.5 cm³/mol. The molecule has 0 amide bonds. The molecule has 0 aliphatic carbocycles. The number of rotatable bonds is 5. The summed E-state index contributed by atoms with van der Waals surface area (Å²) < 4.78 is 24.6. The third-order valence-electron chi connectivity index (χ3n) is 1.85. The van der Waals surface area contributed by atoms with E-state index in [1.165, 1.54) is 17.3 Å². The van der Waals surface area contributed by atoms with Gasteiger partial charge in [-0.15, -0.1) is 0 Å². The monoisotopic (exact) mass is 235 g/mol. The predicted octanol–water partition coefficient (Wildman–Crippen LogP) is 1.77. The van der Waals surface area contributed by atoms with Crippen LogP contribution < -0.4 is 10.6 Å². The van der Waals surface area contributed by atoms with Crippen molar-refractivity contribution in [2.24, 2.45) is 5.73 Å². The number of aromatic nitrogens is 1. The molecule has 0 saturated carbocycles. The molecule has 2 N–H and O–H groups in total. The lowest BCUT2D eigenvalue weighted by Gasteiger charge is -2.24. The maximum absolute atomic E-state index is 12.3. The van der Waals surface area contributed by atoms with Crippen molar-refractivity contribution in [3.8, 4) is 0 Å². The van der Waals surface area contributed by atoms with Crippen molar-refractivity contribution in [3.05, 3.63) is 23.5 Å². The Hall–Kier alpha value is -0.940. The van der Waals surface area contributed by atoms with Gasteiger partial charge in [0.15, 0.2) is 0 Å². The van der Waals surface area contributed by atoms with Crippen molar-refractivity contribution in [2.45, 2.75) is 6.43 Å². The standard InChI is InChI=1S/C9H12ClF2N3/c10-7-5-14-3-1-8(7)15(4-2-13)6-9(11)12/h1,3,5,9H,2,4,6,13H2. The molecule has 0 radical (unpaired) electrons. The fourth-order valence-corrected chi connectivity index (χ4v) is 1.50. The average molecular weight is 236 g/mol. The van der Waals surface area contributed by atoms with Crippen LogP contribution in [0.4, 0.5) is 14.5 Å². The molecule has 0 fully saturated rings. The quantitative estimate of drug-likeness (QED) is 0.846. The van der Waals surface area contributed by atoms with Gasteiger partial charge in [0.2, 0.25) is 0 Å². The summed E-state index contributed by atoms with van der Waals surface area (Å²) in [6.07, 6.45) is 0.517. The van der Waals surface area contributed by atoms with Crippen LogP contribution in [0.3, 0.4) is 0 Å². The summed E-state index contributed by atoms with van der Waals surface area (Å²) in [4.78, 5) is 5.24. The van der Waals surface area contributed by atoms with E-state index >= 15 is 0 Å². The van der Waals surface area contributed by atoms with Gasteiger partial charge in [-0.25, -0.2) is 8.78 Å². The van der Waals surface area contributed by atoms with E-state index < -0.39 is 6.43 Å². The number of halogens is 3. The number of nitrogens with zero attached hydrogens (tertiary/aromatic N) is 2. The Bertz CT molecular complexity index is 309. The number of hydrogen-bond donors (Lipinski definition) is 1. The molecule has 0 saturated heterocycles. The molecular formula is C9H12ClF2N3. The zero-order valence-corrected chi connectivity index (χ0v) is 8.79. The molecule has 0 bridgehead atoms. The van der Waals surface area contributed by atoms with Crippen molar-refractivity contribution in [1.82, 2.24) is 4.98 Å². The summed E-state index contributed by atoms with van der Waals surface area (Å²) in [5.74, 6) is 0. The number of nitrogens with two attached hydrogens (primary N) is 1. The third kappa shape index (κ3) is 3.60. The number of pyridine rings is 1. The van der Waals surface area contributed by atoms with E-state index in [9.17, 15) is 8.78 Å². The van der Waals surface area contributed by atoms with Gasteiger partial charge in [-0.1, -0.05) is 11.6 Å². The molecule has 6 heteroatoms. The second-order valence-corrected chi connectivity index (χ2v) is 3.36. The first-order valence-electron chi connectivity index (χ1n) is 4.48.